The van der Waals surface area contributed by atoms with E-state index in [0.717, 1.165) is 22.4 Å². The Hall–Kier alpha value is -3.36. The molecule has 198 valence electrons. The number of carbonyl (C=O) groups is 2. The summed E-state index contributed by atoms with van der Waals surface area (Å²) in [5.41, 5.74) is 3.69. The monoisotopic (exact) mass is 553 g/mol. The number of hydrogen-bond acceptors (Lipinski definition) is 5. The largest absolute Gasteiger partial charge is 0.380 e. The second kappa shape index (κ2) is 12.9. The first-order valence-electron chi connectivity index (χ1n) is 12.3. The summed E-state index contributed by atoms with van der Waals surface area (Å²) in [6.07, 6.45) is 0.220. The van der Waals surface area contributed by atoms with Crippen LogP contribution in [0.3, 0.4) is 0 Å². The van der Waals surface area contributed by atoms with Crippen LogP contribution in [-0.2, 0) is 16.1 Å². The van der Waals surface area contributed by atoms with Crippen LogP contribution in [-0.4, -0.2) is 65.3 Å². The van der Waals surface area contributed by atoms with Crippen molar-refractivity contribution >= 4 is 52.9 Å². The molecular weight excluding hydrogens is 525 g/mol. The zero-order valence-corrected chi connectivity index (χ0v) is 22.1. The zero-order valence-electron chi connectivity index (χ0n) is 20.6. The molecule has 3 aromatic rings. The highest BCUT2D eigenvalue weighted by Gasteiger charge is 2.34. The van der Waals surface area contributed by atoms with Gasteiger partial charge in [-0.15, -0.1) is 0 Å². The summed E-state index contributed by atoms with van der Waals surface area (Å²) in [6.45, 7) is 1.88. The third-order valence-electron chi connectivity index (χ3n) is 6.39. The van der Waals surface area contributed by atoms with Gasteiger partial charge in [-0.25, -0.2) is 0 Å². The number of nitrogens with zero attached hydrogens (tertiary/aromatic N) is 2. The van der Waals surface area contributed by atoms with Crippen LogP contribution in [0, 0.1) is 0 Å². The highest BCUT2D eigenvalue weighted by Crippen LogP contribution is 2.26. The minimum absolute atomic E-state index is 0.147. The van der Waals surface area contributed by atoms with E-state index in [9.17, 15) is 19.8 Å². The zero-order chi connectivity index (χ0) is 27.1. The first-order chi connectivity index (χ1) is 18.3. The molecule has 1 aliphatic rings. The molecule has 2 amide bonds. The lowest BCUT2D eigenvalue weighted by molar-refractivity contribution is -0.153. The van der Waals surface area contributed by atoms with E-state index < -0.39 is 24.0 Å². The van der Waals surface area contributed by atoms with E-state index >= 15 is 0 Å². The van der Waals surface area contributed by atoms with Crippen molar-refractivity contribution in [3.8, 4) is 0 Å². The number of hydrogen-bond donors (Lipinski definition) is 3. The van der Waals surface area contributed by atoms with Gasteiger partial charge in [-0.1, -0.05) is 83.9 Å². The van der Waals surface area contributed by atoms with Crippen molar-refractivity contribution in [1.29, 1.82) is 0 Å². The number of carbonyl (C=O) groups excluding carboxylic acids is 2. The van der Waals surface area contributed by atoms with E-state index in [2.05, 4.69) is 10.2 Å². The van der Waals surface area contributed by atoms with Gasteiger partial charge in [-0.2, -0.15) is 0 Å². The molecule has 0 unspecified atom stereocenters. The van der Waals surface area contributed by atoms with Crippen LogP contribution in [0.5, 0.6) is 0 Å². The molecule has 0 aromatic heterocycles. The van der Waals surface area contributed by atoms with Gasteiger partial charge in [0.1, 0.15) is 0 Å². The van der Waals surface area contributed by atoms with Crippen LogP contribution in [0.15, 0.2) is 72.8 Å². The molecule has 1 heterocycles. The Morgan fingerprint density at radius 2 is 1.39 bits per heavy atom. The smallest absolute Gasteiger partial charge is 0.254 e. The van der Waals surface area contributed by atoms with Crippen LogP contribution in [0.4, 0.5) is 5.69 Å². The molecule has 3 aromatic carbocycles. The summed E-state index contributed by atoms with van der Waals surface area (Å²) < 4.78 is 0. The van der Waals surface area contributed by atoms with Gasteiger partial charge < -0.3 is 25.3 Å². The molecule has 1 fully saturated rings. The van der Waals surface area contributed by atoms with E-state index in [4.69, 9.17) is 23.2 Å². The van der Waals surface area contributed by atoms with Gasteiger partial charge in [0.05, 0.1) is 10.7 Å². The molecule has 4 rings (SSSR count). The standard InChI is InChI=1S/C29H29Cl2N3O4/c30-23-13-11-21(12-14-23)6-5-20-7-9-22(10-8-20)19-32-28(37)26(35)27(36)29(38)34-17-15-33(16-18-34)25-4-2-1-3-24(25)31/h1-14,26-27,35-36H,15-19H2,(H,32,37)/b6-5+/t26-,27-/m1/s1. The van der Waals surface area contributed by atoms with Crippen LogP contribution < -0.4 is 10.2 Å². The molecular formula is C29H29Cl2N3O4. The predicted octanol–water partition coefficient (Wildman–Crippen LogP) is 3.85. The molecule has 1 saturated heterocycles. The topological polar surface area (TPSA) is 93.1 Å². The summed E-state index contributed by atoms with van der Waals surface area (Å²) in [6, 6.07) is 22.5. The first-order valence-corrected chi connectivity index (χ1v) is 13.0. The van der Waals surface area contributed by atoms with Crippen LogP contribution in [0.1, 0.15) is 16.7 Å². The number of nitrogens with one attached hydrogen (secondary N) is 1. The number of piperazine rings is 1. The minimum Gasteiger partial charge on any atom is -0.380 e. The fraction of sp³-hybridized carbons (Fsp3) is 0.241. The van der Waals surface area contributed by atoms with Crippen LogP contribution in [0.25, 0.3) is 12.2 Å². The number of anilines is 1. The van der Waals surface area contributed by atoms with E-state index in [0.29, 0.717) is 36.2 Å². The molecule has 2 atom stereocenters. The lowest BCUT2D eigenvalue weighted by atomic mass is 10.1. The lowest BCUT2D eigenvalue weighted by Crippen LogP contribution is -2.55. The van der Waals surface area contributed by atoms with Gasteiger partial charge in [-0.3, -0.25) is 9.59 Å². The maximum absolute atomic E-state index is 12.7. The second-order valence-corrected chi connectivity index (χ2v) is 9.84. The van der Waals surface area contributed by atoms with E-state index in [1.807, 2.05) is 84.9 Å². The highest BCUT2D eigenvalue weighted by atomic mass is 35.5. The number of aliphatic hydroxyl groups excluding tert-OH is 2. The highest BCUT2D eigenvalue weighted by molar-refractivity contribution is 6.33. The fourth-order valence-electron chi connectivity index (χ4n) is 4.15. The normalized spacial score (nSPS) is 15.4. The van der Waals surface area contributed by atoms with E-state index in [-0.39, 0.29) is 6.54 Å². The molecule has 0 radical (unpaired) electrons. The molecule has 0 spiro atoms. The van der Waals surface area contributed by atoms with E-state index in [1.165, 1.54) is 4.90 Å². The Morgan fingerprint density at radius 1 is 0.816 bits per heavy atom. The second-order valence-electron chi connectivity index (χ2n) is 9.00. The van der Waals surface area contributed by atoms with Gasteiger partial charge in [0.2, 0.25) is 0 Å². The quantitative estimate of drug-likeness (QED) is 0.368. The van der Waals surface area contributed by atoms with Gasteiger partial charge in [0.25, 0.3) is 11.8 Å². The molecule has 7 nitrogen and oxygen atoms in total. The number of rotatable bonds is 8. The van der Waals surface area contributed by atoms with Crippen molar-refractivity contribution < 1.29 is 19.8 Å². The molecule has 0 aliphatic carbocycles. The minimum atomic E-state index is -1.87. The maximum atomic E-state index is 12.7. The van der Waals surface area contributed by atoms with Crippen LogP contribution >= 0.6 is 23.2 Å². The molecule has 38 heavy (non-hydrogen) atoms. The summed E-state index contributed by atoms with van der Waals surface area (Å²) in [4.78, 5) is 28.7. The Kier molecular flexibility index (Phi) is 9.42. The first kappa shape index (κ1) is 27.7. The lowest BCUT2D eigenvalue weighted by Gasteiger charge is -2.37. The Balaban J connectivity index is 1.24. The Bertz CT molecular complexity index is 1270. The number of aliphatic hydroxyl groups is 2. The Labute approximate surface area is 231 Å². The molecule has 9 heteroatoms. The predicted molar refractivity (Wildman–Crippen MR) is 151 cm³/mol. The number of amides is 2. The van der Waals surface area contributed by atoms with Crippen molar-refractivity contribution in [1.82, 2.24) is 10.2 Å². The average Bonchev–Trinajstić information content (AvgIpc) is 2.95. The third-order valence-corrected chi connectivity index (χ3v) is 6.96. The fourth-order valence-corrected chi connectivity index (χ4v) is 4.53. The number of halogens is 2. The number of benzene rings is 3. The summed E-state index contributed by atoms with van der Waals surface area (Å²) in [5.74, 6) is -1.49. The van der Waals surface area contributed by atoms with Gasteiger partial charge in [0.15, 0.2) is 12.2 Å². The maximum Gasteiger partial charge on any atom is 0.254 e. The van der Waals surface area contributed by atoms with Crippen molar-refractivity contribution in [2.45, 2.75) is 18.8 Å². The third kappa shape index (κ3) is 7.14. The van der Waals surface area contributed by atoms with Crippen molar-refractivity contribution in [3.05, 3.63) is 99.5 Å². The molecule has 0 bridgehead atoms. The summed E-state index contributed by atoms with van der Waals surface area (Å²) in [7, 11) is 0. The average molecular weight is 554 g/mol. The van der Waals surface area contributed by atoms with Crippen LogP contribution in [0.2, 0.25) is 10.0 Å². The molecule has 1 aliphatic heterocycles. The van der Waals surface area contributed by atoms with Gasteiger partial charge >= 0.3 is 0 Å². The molecule has 0 saturated carbocycles. The van der Waals surface area contributed by atoms with Crippen molar-refractivity contribution in [2.75, 3.05) is 31.1 Å². The number of para-hydroxylation sites is 1. The Morgan fingerprint density at radius 3 is 2.00 bits per heavy atom. The SMILES string of the molecule is O=C(NCc1ccc(/C=C/c2ccc(Cl)cc2)cc1)[C@H](O)[C@@H](O)C(=O)N1CCN(c2ccccc2Cl)CC1. The van der Waals surface area contributed by atoms with Crippen molar-refractivity contribution in [3.63, 3.8) is 0 Å². The summed E-state index contributed by atoms with van der Waals surface area (Å²) in [5, 5.41) is 24.6. The van der Waals surface area contributed by atoms with Crippen molar-refractivity contribution in [2.24, 2.45) is 0 Å². The van der Waals surface area contributed by atoms with E-state index in [1.54, 1.807) is 0 Å². The van der Waals surface area contributed by atoms with Gasteiger partial charge in [-0.05, 0) is 41.0 Å². The van der Waals surface area contributed by atoms with Gasteiger partial charge in [0, 0.05) is 37.7 Å². The molecule has 3 N–H and O–H groups in total. The summed E-state index contributed by atoms with van der Waals surface area (Å²) >= 11 is 12.2.